The zero-order valence-corrected chi connectivity index (χ0v) is 21.4. The largest absolute Gasteiger partial charge is 0.372 e. The minimum atomic E-state index is 0. The van der Waals surface area contributed by atoms with Crippen molar-refractivity contribution in [3.63, 3.8) is 0 Å². The van der Waals surface area contributed by atoms with E-state index in [1.807, 2.05) is 43.0 Å². The Morgan fingerprint density at radius 2 is 1.78 bits per heavy atom. The van der Waals surface area contributed by atoms with Gasteiger partial charge in [-0.15, -0.1) is 24.0 Å². The van der Waals surface area contributed by atoms with Crippen molar-refractivity contribution in [1.29, 1.82) is 0 Å². The Bertz CT molecular complexity index is 937. The lowest BCUT2D eigenvalue weighted by molar-refractivity contribution is -0.0586. The first-order valence-electron chi connectivity index (χ1n) is 11.2. The van der Waals surface area contributed by atoms with Gasteiger partial charge in [0.25, 0.3) is 5.91 Å². The van der Waals surface area contributed by atoms with Gasteiger partial charge < -0.3 is 19.9 Å². The highest BCUT2D eigenvalue weighted by Crippen LogP contribution is 2.27. The molecule has 172 valence electrons. The minimum Gasteiger partial charge on any atom is -0.372 e. The normalized spacial score (nSPS) is 20.5. The second-order valence-corrected chi connectivity index (χ2v) is 8.36. The number of para-hydroxylation sites is 1. The van der Waals surface area contributed by atoms with Gasteiger partial charge in [0.05, 0.1) is 18.8 Å². The highest BCUT2D eigenvalue weighted by molar-refractivity contribution is 14.0. The molecular weight excluding hydrogens is 515 g/mol. The number of nitrogens with zero attached hydrogens (tertiary/aromatic N) is 3. The van der Waals surface area contributed by atoms with Gasteiger partial charge in [0.2, 0.25) is 0 Å². The molecule has 4 rings (SSSR count). The van der Waals surface area contributed by atoms with E-state index >= 15 is 0 Å². The molecule has 1 N–H and O–H groups in total. The number of anilines is 1. The first-order valence-corrected chi connectivity index (χ1v) is 11.2. The van der Waals surface area contributed by atoms with E-state index in [9.17, 15) is 4.79 Å². The maximum absolute atomic E-state index is 12.9. The molecule has 2 aromatic rings. The number of benzene rings is 2. The van der Waals surface area contributed by atoms with Gasteiger partial charge in [0, 0.05) is 37.4 Å². The topological polar surface area (TPSA) is 57.2 Å². The Morgan fingerprint density at radius 3 is 2.47 bits per heavy atom. The molecule has 1 saturated heterocycles. The van der Waals surface area contributed by atoms with Gasteiger partial charge in [-0.3, -0.25) is 4.79 Å². The van der Waals surface area contributed by atoms with Crippen molar-refractivity contribution in [3.8, 4) is 0 Å². The molecule has 2 atom stereocenters. The molecule has 0 bridgehead atoms. The fourth-order valence-corrected chi connectivity index (χ4v) is 4.40. The Hall–Kier alpha value is -2.13. The lowest BCUT2D eigenvalue weighted by atomic mass is 10.1. The third kappa shape index (κ3) is 5.61. The molecule has 0 radical (unpaired) electrons. The quantitative estimate of drug-likeness (QED) is 0.356. The van der Waals surface area contributed by atoms with E-state index in [1.165, 1.54) is 11.3 Å². The molecule has 2 aromatic carbocycles. The highest BCUT2D eigenvalue weighted by Gasteiger charge is 2.26. The number of amides is 1. The zero-order valence-electron chi connectivity index (χ0n) is 19.1. The van der Waals surface area contributed by atoms with Crippen LogP contribution in [0.25, 0.3) is 0 Å². The summed E-state index contributed by atoms with van der Waals surface area (Å²) in [4.78, 5) is 21.9. The molecule has 0 aliphatic carbocycles. The fourth-order valence-electron chi connectivity index (χ4n) is 4.40. The van der Waals surface area contributed by atoms with Crippen LogP contribution in [0.3, 0.4) is 0 Å². The van der Waals surface area contributed by atoms with Crippen molar-refractivity contribution in [3.05, 3.63) is 65.2 Å². The van der Waals surface area contributed by atoms with Crippen LogP contribution in [0.1, 0.15) is 42.3 Å². The van der Waals surface area contributed by atoms with Gasteiger partial charge >= 0.3 is 0 Å². The van der Waals surface area contributed by atoms with Crippen molar-refractivity contribution in [2.24, 2.45) is 4.99 Å². The Labute approximate surface area is 208 Å². The first-order chi connectivity index (χ1) is 15.0. The van der Waals surface area contributed by atoms with Gasteiger partial charge in [-0.1, -0.05) is 30.3 Å². The molecule has 0 aromatic heterocycles. The number of aliphatic imine (C=N–C) groups is 1. The first kappa shape index (κ1) is 24.5. The van der Waals surface area contributed by atoms with Crippen LogP contribution in [0.4, 0.5) is 5.69 Å². The van der Waals surface area contributed by atoms with Crippen LogP contribution in [0.5, 0.6) is 0 Å². The number of halogens is 1. The van der Waals surface area contributed by atoms with Gasteiger partial charge in [-0.05, 0) is 56.5 Å². The van der Waals surface area contributed by atoms with E-state index in [-0.39, 0.29) is 42.1 Å². The highest BCUT2D eigenvalue weighted by atomic mass is 127. The smallest absolute Gasteiger partial charge is 0.254 e. The number of rotatable bonds is 4. The molecule has 1 amide bonds. The molecule has 2 heterocycles. The predicted octanol–water partition coefficient (Wildman–Crippen LogP) is 4.08. The van der Waals surface area contributed by atoms with Crippen LogP contribution in [-0.2, 0) is 17.7 Å². The summed E-state index contributed by atoms with van der Waals surface area (Å²) < 4.78 is 5.74. The van der Waals surface area contributed by atoms with E-state index in [2.05, 4.69) is 41.4 Å². The van der Waals surface area contributed by atoms with Crippen molar-refractivity contribution >= 4 is 41.5 Å². The molecule has 2 unspecified atom stereocenters. The van der Waals surface area contributed by atoms with Crippen LogP contribution >= 0.6 is 24.0 Å². The summed E-state index contributed by atoms with van der Waals surface area (Å²) in [6, 6.07) is 16.3. The number of nitrogens with one attached hydrogen (secondary N) is 1. The molecule has 0 spiro atoms. The molecule has 2 aliphatic heterocycles. The Morgan fingerprint density at radius 1 is 1.09 bits per heavy atom. The van der Waals surface area contributed by atoms with Crippen LogP contribution < -0.4 is 10.2 Å². The zero-order chi connectivity index (χ0) is 21.8. The number of hydrogen-bond acceptors (Lipinski definition) is 3. The van der Waals surface area contributed by atoms with Gasteiger partial charge in [-0.2, -0.15) is 0 Å². The number of ether oxygens (including phenoxy) is 1. The van der Waals surface area contributed by atoms with Crippen LogP contribution in [-0.4, -0.2) is 55.2 Å². The number of carbonyl (C=O) groups excluding carboxylic acids is 1. The lowest BCUT2D eigenvalue weighted by Crippen LogP contribution is -2.48. The maximum atomic E-state index is 12.9. The minimum absolute atomic E-state index is 0. The van der Waals surface area contributed by atoms with Crippen molar-refractivity contribution < 1.29 is 9.53 Å². The molecule has 2 aliphatic rings. The van der Waals surface area contributed by atoms with Crippen LogP contribution in [0.15, 0.2) is 53.5 Å². The standard InChI is InChI=1S/C25H32N4O2.HI/c1-4-26-25(29-14-13-21-7-5-6-8-23(21)29)27-15-20-9-11-22(12-10-20)24(30)28-16-18(2)31-19(3)17-28;/h5-12,18-19H,4,13-17H2,1-3H3,(H,26,27);1H. The number of hydrogen-bond donors (Lipinski definition) is 1. The number of guanidine groups is 1. The number of morpholine rings is 1. The Balaban J connectivity index is 0.00000289. The molecule has 0 saturated carbocycles. The second-order valence-electron chi connectivity index (χ2n) is 8.36. The number of fused-ring (bicyclic) bond motifs is 1. The monoisotopic (exact) mass is 548 g/mol. The maximum Gasteiger partial charge on any atom is 0.254 e. The van der Waals surface area contributed by atoms with Gasteiger partial charge in [0.1, 0.15) is 0 Å². The molecule has 6 nitrogen and oxygen atoms in total. The third-order valence-corrected chi connectivity index (χ3v) is 5.80. The van der Waals surface area contributed by atoms with E-state index in [0.717, 1.165) is 36.6 Å². The van der Waals surface area contributed by atoms with Crippen molar-refractivity contribution in [2.45, 2.75) is 45.9 Å². The fraction of sp³-hybridized carbons (Fsp3) is 0.440. The molecular formula is C25H33IN4O2. The van der Waals surface area contributed by atoms with Crippen LogP contribution in [0.2, 0.25) is 0 Å². The summed E-state index contributed by atoms with van der Waals surface area (Å²) >= 11 is 0. The van der Waals surface area contributed by atoms with E-state index in [0.29, 0.717) is 19.6 Å². The SMILES string of the molecule is CCNC(=NCc1ccc(C(=O)N2CC(C)OC(C)C2)cc1)N1CCc2ccccc21.I. The average molecular weight is 548 g/mol. The van der Waals surface area contributed by atoms with E-state index in [4.69, 9.17) is 9.73 Å². The summed E-state index contributed by atoms with van der Waals surface area (Å²) in [6.07, 6.45) is 1.18. The average Bonchev–Trinajstić information content (AvgIpc) is 3.20. The predicted molar refractivity (Wildman–Crippen MR) is 140 cm³/mol. The summed E-state index contributed by atoms with van der Waals surface area (Å²) in [5.41, 5.74) is 4.40. The second kappa shape index (κ2) is 11.1. The Kier molecular flexibility index (Phi) is 8.53. The van der Waals surface area contributed by atoms with E-state index < -0.39 is 0 Å². The molecule has 32 heavy (non-hydrogen) atoms. The van der Waals surface area contributed by atoms with E-state index in [1.54, 1.807) is 0 Å². The van der Waals surface area contributed by atoms with Gasteiger partial charge in [-0.25, -0.2) is 4.99 Å². The summed E-state index contributed by atoms with van der Waals surface area (Å²) in [5, 5.41) is 3.42. The summed E-state index contributed by atoms with van der Waals surface area (Å²) in [6.45, 7) is 9.72. The lowest BCUT2D eigenvalue weighted by Gasteiger charge is -2.35. The number of carbonyl (C=O) groups is 1. The van der Waals surface area contributed by atoms with Crippen molar-refractivity contribution in [1.82, 2.24) is 10.2 Å². The van der Waals surface area contributed by atoms with Gasteiger partial charge in [0.15, 0.2) is 5.96 Å². The third-order valence-electron chi connectivity index (χ3n) is 5.80. The molecule has 7 heteroatoms. The van der Waals surface area contributed by atoms with Crippen LogP contribution in [0, 0.1) is 0 Å². The summed E-state index contributed by atoms with van der Waals surface area (Å²) in [5.74, 6) is 0.975. The molecule has 1 fully saturated rings. The van der Waals surface area contributed by atoms with Crippen molar-refractivity contribution in [2.75, 3.05) is 31.1 Å². The summed E-state index contributed by atoms with van der Waals surface area (Å²) in [7, 11) is 0.